The van der Waals surface area contributed by atoms with Gasteiger partial charge >= 0.3 is 0 Å². The second kappa shape index (κ2) is 6.79. The lowest BCUT2D eigenvalue weighted by molar-refractivity contribution is 0.0595. The molecule has 0 radical (unpaired) electrons. The van der Waals surface area contributed by atoms with Crippen LogP contribution in [0.25, 0.3) is 11.1 Å². The third kappa shape index (κ3) is 2.85. The first-order valence-corrected chi connectivity index (χ1v) is 9.84. The van der Waals surface area contributed by atoms with E-state index in [0.29, 0.717) is 25.6 Å². The number of amides is 1. The zero-order valence-corrected chi connectivity index (χ0v) is 15.6. The lowest BCUT2D eigenvalue weighted by atomic mass is 9.80. The van der Waals surface area contributed by atoms with Crippen LogP contribution in [0.3, 0.4) is 0 Å². The Bertz CT molecular complexity index is 1070. The van der Waals surface area contributed by atoms with Gasteiger partial charge in [-0.15, -0.1) is 0 Å². The SMILES string of the molecule is O=C(c1ccccc1)N1CC2CC(C1)c1c(-c3ccccc3)ccc(=O)n1C2. The van der Waals surface area contributed by atoms with E-state index in [9.17, 15) is 9.59 Å². The number of fused-ring (bicyclic) bond motifs is 4. The molecule has 2 atom stereocenters. The minimum Gasteiger partial charge on any atom is -0.338 e. The van der Waals surface area contributed by atoms with E-state index in [1.54, 1.807) is 6.07 Å². The van der Waals surface area contributed by atoms with E-state index in [1.165, 1.54) is 0 Å². The normalized spacial score (nSPS) is 20.5. The molecule has 2 aromatic carbocycles. The molecule has 5 rings (SSSR count). The van der Waals surface area contributed by atoms with Crippen LogP contribution in [0.5, 0.6) is 0 Å². The van der Waals surface area contributed by atoms with Crippen LogP contribution < -0.4 is 5.56 Å². The smallest absolute Gasteiger partial charge is 0.253 e. The summed E-state index contributed by atoms with van der Waals surface area (Å²) in [5.41, 5.74) is 4.11. The Hall–Kier alpha value is -3.14. The standard InChI is InChI=1S/C24H22N2O2/c27-22-12-11-21(18-7-3-1-4-8-18)23-20-13-17(15-26(22)23)14-25(16-20)24(28)19-9-5-2-6-10-19/h1-12,17,20H,13-16H2. The number of carbonyl (C=O) groups is 1. The third-order valence-electron chi connectivity index (χ3n) is 5.98. The molecule has 4 heteroatoms. The molecule has 3 heterocycles. The molecule has 28 heavy (non-hydrogen) atoms. The predicted molar refractivity (Wildman–Crippen MR) is 109 cm³/mol. The summed E-state index contributed by atoms with van der Waals surface area (Å²) in [4.78, 5) is 27.6. The molecule has 2 aliphatic rings. The first-order chi connectivity index (χ1) is 13.7. The molecule has 3 aromatic rings. The predicted octanol–water partition coefficient (Wildman–Crippen LogP) is 3.77. The molecule has 0 aliphatic carbocycles. The molecule has 0 spiro atoms. The van der Waals surface area contributed by atoms with Crippen LogP contribution in [-0.2, 0) is 6.54 Å². The Morgan fingerprint density at radius 1 is 0.821 bits per heavy atom. The second-order valence-electron chi connectivity index (χ2n) is 7.82. The Morgan fingerprint density at radius 3 is 2.29 bits per heavy atom. The van der Waals surface area contributed by atoms with Gasteiger partial charge in [0.15, 0.2) is 0 Å². The van der Waals surface area contributed by atoms with Crippen molar-refractivity contribution in [1.29, 1.82) is 0 Å². The highest BCUT2D eigenvalue weighted by molar-refractivity contribution is 5.94. The van der Waals surface area contributed by atoms with Crippen molar-refractivity contribution in [3.63, 3.8) is 0 Å². The van der Waals surface area contributed by atoms with Crippen molar-refractivity contribution in [3.05, 3.63) is 94.4 Å². The lowest BCUT2D eigenvalue weighted by Crippen LogP contribution is -2.49. The summed E-state index contributed by atoms with van der Waals surface area (Å²) in [6.07, 6.45) is 1.03. The molecule has 2 unspecified atom stereocenters. The Morgan fingerprint density at radius 2 is 1.54 bits per heavy atom. The van der Waals surface area contributed by atoms with E-state index in [1.807, 2.05) is 64.1 Å². The van der Waals surface area contributed by atoms with Gasteiger partial charge in [0, 0.05) is 48.4 Å². The molecule has 0 saturated carbocycles. The maximum Gasteiger partial charge on any atom is 0.253 e. The molecule has 1 fully saturated rings. The summed E-state index contributed by atoms with van der Waals surface area (Å²) in [5.74, 6) is 0.593. The monoisotopic (exact) mass is 370 g/mol. The van der Waals surface area contributed by atoms with Gasteiger partial charge in [-0.3, -0.25) is 9.59 Å². The number of likely N-dealkylation sites (tertiary alicyclic amines) is 1. The van der Waals surface area contributed by atoms with Crippen LogP contribution in [0.1, 0.15) is 28.4 Å². The first-order valence-electron chi connectivity index (χ1n) is 9.84. The topological polar surface area (TPSA) is 42.3 Å². The number of aromatic nitrogens is 1. The Kier molecular flexibility index (Phi) is 4.12. The van der Waals surface area contributed by atoms with E-state index >= 15 is 0 Å². The van der Waals surface area contributed by atoms with E-state index in [-0.39, 0.29) is 17.4 Å². The van der Waals surface area contributed by atoms with Crippen molar-refractivity contribution >= 4 is 5.91 Å². The summed E-state index contributed by atoms with van der Waals surface area (Å²) < 4.78 is 1.95. The number of rotatable bonds is 2. The van der Waals surface area contributed by atoms with Gasteiger partial charge < -0.3 is 9.47 Å². The second-order valence-corrected chi connectivity index (χ2v) is 7.82. The van der Waals surface area contributed by atoms with Crippen molar-refractivity contribution in [2.45, 2.75) is 18.9 Å². The van der Waals surface area contributed by atoms with Crippen molar-refractivity contribution in [3.8, 4) is 11.1 Å². The van der Waals surface area contributed by atoms with Crippen molar-refractivity contribution in [1.82, 2.24) is 9.47 Å². The number of benzene rings is 2. The van der Waals surface area contributed by atoms with E-state index in [0.717, 1.165) is 28.8 Å². The largest absolute Gasteiger partial charge is 0.338 e. The summed E-state index contributed by atoms with van der Waals surface area (Å²) >= 11 is 0. The highest BCUT2D eigenvalue weighted by Crippen LogP contribution is 2.40. The number of hydrogen-bond acceptors (Lipinski definition) is 2. The van der Waals surface area contributed by atoms with E-state index in [4.69, 9.17) is 0 Å². The van der Waals surface area contributed by atoms with Crippen LogP contribution >= 0.6 is 0 Å². The van der Waals surface area contributed by atoms with Crippen molar-refractivity contribution < 1.29 is 4.79 Å². The molecular formula is C24H22N2O2. The minimum atomic E-state index is 0.0622. The van der Waals surface area contributed by atoms with Gasteiger partial charge in [-0.2, -0.15) is 0 Å². The van der Waals surface area contributed by atoms with Gasteiger partial charge in [-0.1, -0.05) is 48.5 Å². The number of nitrogens with zero attached hydrogens (tertiary/aromatic N) is 2. The quantitative estimate of drug-likeness (QED) is 0.689. The Labute approximate surface area is 164 Å². The molecule has 1 aromatic heterocycles. The fourth-order valence-corrected chi connectivity index (χ4v) is 4.81. The molecule has 4 nitrogen and oxygen atoms in total. The summed E-state index contributed by atoms with van der Waals surface area (Å²) in [6, 6.07) is 23.3. The number of piperidine rings is 1. The molecule has 1 saturated heterocycles. The van der Waals surface area contributed by atoms with Crippen LogP contribution in [0.4, 0.5) is 0 Å². The molecule has 1 amide bonds. The van der Waals surface area contributed by atoms with Crippen molar-refractivity contribution in [2.24, 2.45) is 5.92 Å². The van der Waals surface area contributed by atoms with Gasteiger partial charge in [-0.05, 0) is 36.1 Å². The van der Waals surface area contributed by atoms with Gasteiger partial charge in [-0.25, -0.2) is 0 Å². The molecule has 2 aliphatic heterocycles. The molecule has 140 valence electrons. The lowest BCUT2D eigenvalue weighted by Gasteiger charge is -2.43. The highest BCUT2D eigenvalue weighted by Gasteiger charge is 2.37. The molecular weight excluding hydrogens is 348 g/mol. The van der Waals surface area contributed by atoms with Crippen LogP contribution in [-0.4, -0.2) is 28.5 Å². The molecule has 2 bridgehead atoms. The minimum absolute atomic E-state index is 0.0622. The summed E-state index contributed by atoms with van der Waals surface area (Å²) in [7, 11) is 0. The fourth-order valence-electron chi connectivity index (χ4n) is 4.81. The molecule has 0 N–H and O–H groups in total. The van der Waals surface area contributed by atoms with Gasteiger partial charge in [0.25, 0.3) is 11.5 Å². The van der Waals surface area contributed by atoms with Gasteiger partial charge in [0.2, 0.25) is 0 Å². The summed E-state index contributed by atoms with van der Waals surface area (Å²) in [5, 5.41) is 0. The van der Waals surface area contributed by atoms with Crippen molar-refractivity contribution in [2.75, 3.05) is 13.1 Å². The Balaban J connectivity index is 1.55. The van der Waals surface area contributed by atoms with Crippen LogP contribution in [0, 0.1) is 5.92 Å². The van der Waals surface area contributed by atoms with Crippen LogP contribution in [0.2, 0.25) is 0 Å². The average Bonchev–Trinajstić information content (AvgIpc) is 2.75. The van der Waals surface area contributed by atoms with Gasteiger partial charge in [0.1, 0.15) is 0 Å². The average molecular weight is 370 g/mol. The maximum absolute atomic E-state index is 13.0. The van der Waals surface area contributed by atoms with Gasteiger partial charge in [0.05, 0.1) is 0 Å². The number of pyridine rings is 1. The zero-order valence-electron chi connectivity index (χ0n) is 15.6. The first kappa shape index (κ1) is 17.0. The van der Waals surface area contributed by atoms with E-state index < -0.39 is 0 Å². The summed E-state index contributed by atoms with van der Waals surface area (Å²) in [6.45, 7) is 2.06. The number of hydrogen-bond donors (Lipinski definition) is 0. The number of carbonyl (C=O) groups excluding carboxylic acids is 1. The third-order valence-corrected chi connectivity index (χ3v) is 5.98. The highest BCUT2D eigenvalue weighted by atomic mass is 16.2. The maximum atomic E-state index is 13.0. The van der Waals surface area contributed by atoms with Crippen LogP contribution in [0.15, 0.2) is 77.6 Å². The van der Waals surface area contributed by atoms with E-state index in [2.05, 4.69) is 12.1 Å². The fraction of sp³-hybridized carbons (Fsp3) is 0.250. The zero-order chi connectivity index (χ0) is 19.1.